The molecule has 2 fully saturated rings. The topological polar surface area (TPSA) is 20.3 Å². The molecular formula is C19H27NO. The third-order valence-electron chi connectivity index (χ3n) is 5.25. The summed E-state index contributed by atoms with van der Waals surface area (Å²) in [4.78, 5) is 14.7. The average molecular weight is 285 g/mol. The predicted octanol–water partition coefficient (Wildman–Crippen LogP) is 4.05. The Bertz CT molecular complexity index is 442. The highest BCUT2D eigenvalue weighted by atomic mass is 16.2. The van der Waals surface area contributed by atoms with E-state index in [0.29, 0.717) is 11.8 Å². The fourth-order valence-corrected chi connectivity index (χ4v) is 3.91. The minimum Gasteiger partial charge on any atom is -0.342 e. The number of hydrogen-bond donors (Lipinski definition) is 0. The van der Waals surface area contributed by atoms with E-state index in [1.54, 1.807) is 0 Å². The minimum absolute atomic E-state index is 0.337. The van der Waals surface area contributed by atoms with E-state index in [0.717, 1.165) is 31.8 Å². The van der Waals surface area contributed by atoms with Crippen LogP contribution < -0.4 is 0 Å². The van der Waals surface area contributed by atoms with Crippen molar-refractivity contribution in [3.63, 3.8) is 0 Å². The normalized spacial score (nSPS) is 21.4. The Balaban J connectivity index is 1.47. The van der Waals surface area contributed by atoms with Crippen LogP contribution in [0.15, 0.2) is 30.3 Å². The third kappa shape index (κ3) is 3.87. The van der Waals surface area contributed by atoms with Gasteiger partial charge < -0.3 is 4.90 Å². The van der Waals surface area contributed by atoms with Crippen LogP contribution in [-0.2, 0) is 11.2 Å². The highest BCUT2D eigenvalue weighted by Gasteiger charge is 2.28. The minimum atomic E-state index is 0.337. The van der Waals surface area contributed by atoms with E-state index in [4.69, 9.17) is 0 Å². The molecule has 1 saturated heterocycles. The van der Waals surface area contributed by atoms with E-state index in [-0.39, 0.29) is 0 Å². The van der Waals surface area contributed by atoms with E-state index in [1.807, 2.05) is 0 Å². The van der Waals surface area contributed by atoms with E-state index >= 15 is 0 Å². The third-order valence-corrected chi connectivity index (χ3v) is 5.25. The van der Waals surface area contributed by atoms with E-state index in [9.17, 15) is 4.79 Å². The SMILES string of the molecule is O=C(C1CCCCC1)N1CCC(Cc2ccccc2)CC1. The molecule has 0 aromatic heterocycles. The zero-order chi connectivity index (χ0) is 14.5. The van der Waals surface area contributed by atoms with Gasteiger partial charge in [-0.15, -0.1) is 0 Å². The van der Waals surface area contributed by atoms with Gasteiger partial charge in [-0.2, -0.15) is 0 Å². The highest BCUT2D eigenvalue weighted by molar-refractivity contribution is 5.79. The van der Waals surface area contributed by atoms with Gasteiger partial charge in [0.05, 0.1) is 0 Å². The molecule has 1 aromatic carbocycles. The number of amides is 1. The molecule has 0 N–H and O–H groups in total. The number of likely N-dealkylation sites (tertiary alicyclic amines) is 1. The number of piperidine rings is 1. The molecule has 0 spiro atoms. The zero-order valence-corrected chi connectivity index (χ0v) is 13.0. The molecule has 3 rings (SSSR count). The molecule has 1 aromatic rings. The lowest BCUT2D eigenvalue weighted by Gasteiger charge is -2.35. The Labute approximate surface area is 128 Å². The van der Waals surface area contributed by atoms with Gasteiger partial charge in [-0.05, 0) is 43.6 Å². The molecule has 1 aliphatic heterocycles. The predicted molar refractivity (Wildman–Crippen MR) is 86.0 cm³/mol. The van der Waals surface area contributed by atoms with Crippen molar-refractivity contribution in [3.05, 3.63) is 35.9 Å². The summed E-state index contributed by atoms with van der Waals surface area (Å²) in [5, 5.41) is 0. The maximum Gasteiger partial charge on any atom is 0.225 e. The van der Waals surface area contributed by atoms with Gasteiger partial charge in [0.2, 0.25) is 5.91 Å². The van der Waals surface area contributed by atoms with Crippen molar-refractivity contribution in [1.82, 2.24) is 4.90 Å². The first-order valence-electron chi connectivity index (χ1n) is 8.65. The summed E-state index contributed by atoms with van der Waals surface area (Å²) in [6.45, 7) is 1.96. The van der Waals surface area contributed by atoms with Gasteiger partial charge in [0.1, 0.15) is 0 Å². The fraction of sp³-hybridized carbons (Fsp3) is 0.632. The molecule has 1 heterocycles. The summed E-state index contributed by atoms with van der Waals surface area (Å²) in [6.07, 6.45) is 9.60. The monoisotopic (exact) mass is 285 g/mol. The quantitative estimate of drug-likeness (QED) is 0.820. The van der Waals surface area contributed by atoms with E-state index in [2.05, 4.69) is 35.2 Å². The van der Waals surface area contributed by atoms with Gasteiger partial charge in [0, 0.05) is 19.0 Å². The van der Waals surface area contributed by atoms with Crippen LogP contribution in [-0.4, -0.2) is 23.9 Å². The van der Waals surface area contributed by atoms with Gasteiger partial charge in [-0.1, -0.05) is 49.6 Å². The number of benzene rings is 1. The molecule has 1 aliphatic carbocycles. The van der Waals surface area contributed by atoms with Crippen molar-refractivity contribution < 1.29 is 4.79 Å². The first-order valence-corrected chi connectivity index (χ1v) is 8.65. The number of rotatable bonds is 3. The lowest BCUT2D eigenvalue weighted by molar-refractivity contribution is -0.138. The number of carbonyl (C=O) groups excluding carboxylic acids is 1. The van der Waals surface area contributed by atoms with Gasteiger partial charge in [0.15, 0.2) is 0 Å². The van der Waals surface area contributed by atoms with Crippen LogP contribution in [0.5, 0.6) is 0 Å². The maximum absolute atomic E-state index is 12.5. The Morgan fingerprint density at radius 3 is 2.29 bits per heavy atom. The fourth-order valence-electron chi connectivity index (χ4n) is 3.91. The lowest BCUT2D eigenvalue weighted by Crippen LogP contribution is -2.42. The first kappa shape index (κ1) is 14.6. The molecule has 1 saturated carbocycles. The first-order chi connectivity index (χ1) is 10.3. The molecule has 0 bridgehead atoms. The molecule has 0 atom stereocenters. The number of hydrogen-bond acceptors (Lipinski definition) is 1. The lowest BCUT2D eigenvalue weighted by atomic mass is 9.86. The molecule has 0 radical (unpaired) electrons. The Morgan fingerprint density at radius 2 is 1.62 bits per heavy atom. The van der Waals surface area contributed by atoms with Crippen LogP contribution in [0, 0.1) is 11.8 Å². The second-order valence-corrected chi connectivity index (χ2v) is 6.79. The summed E-state index contributed by atoms with van der Waals surface area (Å²) < 4.78 is 0. The van der Waals surface area contributed by atoms with Crippen LogP contribution in [0.2, 0.25) is 0 Å². The largest absolute Gasteiger partial charge is 0.342 e. The second kappa shape index (κ2) is 7.11. The van der Waals surface area contributed by atoms with Gasteiger partial charge in [-0.3, -0.25) is 4.79 Å². The summed E-state index contributed by atoms with van der Waals surface area (Å²) in [6, 6.07) is 10.8. The summed E-state index contributed by atoms with van der Waals surface area (Å²) >= 11 is 0. The van der Waals surface area contributed by atoms with E-state index < -0.39 is 0 Å². The van der Waals surface area contributed by atoms with Gasteiger partial charge >= 0.3 is 0 Å². The summed E-state index contributed by atoms with van der Waals surface area (Å²) in [5.41, 5.74) is 1.44. The maximum atomic E-state index is 12.5. The van der Waals surface area contributed by atoms with Crippen LogP contribution in [0.1, 0.15) is 50.5 Å². The standard InChI is InChI=1S/C19H27NO/c21-19(18-9-5-2-6-10-18)20-13-11-17(12-14-20)15-16-7-3-1-4-8-16/h1,3-4,7-8,17-18H,2,5-6,9-15H2. The molecule has 21 heavy (non-hydrogen) atoms. The van der Waals surface area contributed by atoms with Crippen molar-refractivity contribution in [3.8, 4) is 0 Å². The Kier molecular flexibility index (Phi) is 4.95. The summed E-state index contributed by atoms with van der Waals surface area (Å²) in [7, 11) is 0. The highest BCUT2D eigenvalue weighted by Crippen LogP contribution is 2.28. The number of nitrogens with zero attached hydrogens (tertiary/aromatic N) is 1. The van der Waals surface area contributed by atoms with Crippen molar-refractivity contribution >= 4 is 5.91 Å². The van der Waals surface area contributed by atoms with Gasteiger partial charge in [0.25, 0.3) is 0 Å². The smallest absolute Gasteiger partial charge is 0.225 e. The molecule has 0 unspecified atom stereocenters. The molecular weight excluding hydrogens is 258 g/mol. The molecule has 2 nitrogen and oxygen atoms in total. The van der Waals surface area contributed by atoms with Crippen LogP contribution in [0.3, 0.4) is 0 Å². The van der Waals surface area contributed by atoms with Crippen LogP contribution >= 0.6 is 0 Å². The van der Waals surface area contributed by atoms with Crippen molar-refractivity contribution in [2.75, 3.05) is 13.1 Å². The Hall–Kier alpha value is -1.31. The molecule has 1 amide bonds. The van der Waals surface area contributed by atoms with Gasteiger partial charge in [-0.25, -0.2) is 0 Å². The van der Waals surface area contributed by atoms with Crippen molar-refractivity contribution in [2.45, 2.75) is 51.4 Å². The molecule has 114 valence electrons. The Morgan fingerprint density at radius 1 is 0.952 bits per heavy atom. The van der Waals surface area contributed by atoms with Crippen LogP contribution in [0.25, 0.3) is 0 Å². The van der Waals surface area contributed by atoms with Crippen LogP contribution in [0.4, 0.5) is 0 Å². The van der Waals surface area contributed by atoms with Crippen molar-refractivity contribution in [1.29, 1.82) is 0 Å². The molecule has 2 heteroatoms. The molecule has 2 aliphatic rings. The number of carbonyl (C=O) groups is 1. The average Bonchev–Trinajstić information content (AvgIpc) is 2.57. The van der Waals surface area contributed by atoms with E-state index in [1.165, 1.54) is 44.1 Å². The van der Waals surface area contributed by atoms with Crippen molar-refractivity contribution in [2.24, 2.45) is 11.8 Å². The zero-order valence-electron chi connectivity index (χ0n) is 13.0. The summed E-state index contributed by atoms with van der Waals surface area (Å²) in [5.74, 6) is 1.54. The second-order valence-electron chi connectivity index (χ2n) is 6.79.